The van der Waals surface area contributed by atoms with E-state index in [1.807, 2.05) is 31.2 Å². The first-order valence-electron chi connectivity index (χ1n) is 6.77. The predicted octanol–water partition coefficient (Wildman–Crippen LogP) is 2.28. The van der Waals surface area contributed by atoms with Gasteiger partial charge in [-0.15, -0.1) is 10.2 Å². The van der Waals surface area contributed by atoms with Crippen LogP contribution < -0.4 is 11.1 Å². The summed E-state index contributed by atoms with van der Waals surface area (Å²) in [7, 11) is 0. The van der Waals surface area contributed by atoms with Crippen molar-refractivity contribution in [2.75, 3.05) is 5.32 Å². The number of hydrogen-bond donors (Lipinski definition) is 3. The molecule has 3 aromatic rings. The van der Waals surface area contributed by atoms with Crippen LogP contribution in [0.25, 0.3) is 11.3 Å². The number of benzene rings is 1. The number of anilines is 2. The number of oxime groups is 1. The lowest BCUT2D eigenvalue weighted by Crippen LogP contribution is -2.15. The predicted molar refractivity (Wildman–Crippen MR) is 84.5 cm³/mol. The van der Waals surface area contributed by atoms with Crippen LogP contribution in [0.1, 0.15) is 11.3 Å². The molecule has 0 saturated heterocycles. The minimum Gasteiger partial charge on any atom is -0.423 e. The Kier molecular flexibility index (Phi) is 3.88. The summed E-state index contributed by atoms with van der Waals surface area (Å²) in [5, 5.41) is 22.1. The molecule has 0 aliphatic carbocycles. The Morgan fingerprint density at radius 1 is 1.17 bits per heavy atom. The lowest BCUT2D eigenvalue weighted by atomic mass is 10.1. The maximum atomic E-state index is 8.58. The number of oxazole rings is 1. The van der Waals surface area contributed by atoms with Crippen molar-refractivity contribution in [1.82, 2.24) is 15.2 Å². The van der Waals surface area contributed by atoms with E-state index in [1.165, 1.54) is 5.56 Å². The minimum atomic E-state index is -0.109. The van der Waals surface area contributed by atoms with Gasteiger partial charge >= 0.3 is 6.01 Å². The van der Waals surface area contributed by atoms with Crippen LogP contribution in [0, 0.1) is 6.92 Å². The van der Waals surface area contributed by atoms with Crippen molar-refractivity contribution >= 4 is 17.7 Å². The lowest BCUT2D eigenvalue weighted by molar-refractivity contribution is 0.318. The maximum absolute atomic E-state index is 8.58. The van der Waals surface area contributed by atoms with E-state index in [9.17, 15) is 0 Å². The van der Waals surface area contributed by atoms with Crippen molar-refractivity contribution in [2.45, 2.75) is 6.92 Å². The van der Waals surface area contributed by atoms with Crippen LogP contribution in [-0.2, 0) is 0 Å². The van der Waals surface area contributed by atoms with Crippen LogP contribution in [0.3, 0.4) is 0 Å². The second kappa shape index (κ2) is 6.14. The molecule has 8 nitrogen and oxygen atoms in total. The van der Waals surface area contributed by atoms with Crippen LogP contribution in [0.5, 0.6) is 0 Å². The summed E-state index contributed by atoms with van der Waals surface area (Å²) in [6.07, 6.45) is 1.63. The molecule has 0 unspecified atom stereocenters. The minimum absolute atomic E-state index is 0.109. The number of amidine groups is 1. The molecule has 2 heterocycles. The van der Waals surface area contributed by atoms with Crippen molar-refractivity contribution in [3.63, 3.8) is 0 Å². The number of aromatic nitrogens is 3. The maximum Gasteiger partial charge on any atom is 0.300 e. The third-order valence-corrected chi connectivity index (χ3v) is 3.11. The van der Waals surface area contributed by atoms with Crippen molar-refractivity contribution in [2.24, 2.45) is 10.9 Å². The molecule has 0 amide bonds. The fourth-order valence-electron chi connectivity index (χ4n) is 1.88. The first kappa shape index (κ1) is 14.5. The van der Waals surface area contributed by atoms with E-state index in [-0.39, 0.29) is 11.5 Å². The van der Waals surface area contributed by atoms with E-state index in [1.54, 1.807) is 18.3 Å². The third-order valence-electron chi connectivity index (χ3n) is 3.11. The van der Waals surface area contributed by atoms with E-state index in [0.29, 0.717) is 17.6 Å². The van der Waals surface area contributed by atoms with Crippen LogP contribution in [-0.4, -0.2) is 26.2 Å². The van der Waals surface area contributed by atoms with Gasteiger partial charge in [0.25, 0.3) is 0 Å². The number of nitrogens with one attached hydrogen (secondary N) is 1. The molecule has 0 fully saturated rings. The lowest BCUT2D eigenvalue weighted by Gasteiger charge is -2.01. The standard InChI is InChI=1S/C15H14N6O2/c1-9-2-4-10(5-3-9)12-8-17-15(23-12)18-13-7-6-11(19-20-13)14(16)21-22/h2-8,22H,1H3,(H2,16,21)(H,17,18,20). The first-order valence-corrected chi connectivity index (χ1v) is 6.77. The quantitative estimate of drug-likeness (QED) is 0.292. The smallest absolute Gasteiger partial charge is 0.300 e. The second-order valence-corrected chi connectivity index (χ2v) is 4.81. The zero-order valence-electron chi connectivity index (χ0n) is 12.3. The monoisotopic (exact) mass is 310 g/mol. The molecule has 0 atom stereocenters. The molecule has 0 spiro atoms. The molecule has 0 radical (unpaired) electrons. The SMILES string of the molecule is Cc1ccc(-c2cnc(Nc3ccc(/C(N)=N/O)nn3)o2)cc1. The summed E-state index contributed by atoms with van der Waals surface area (Å²) in [6, 6.07) is 11.4. The molecular formula is C15H14N6O2. The fourth-order valence-corrected chi connectivity index (χ4v) is 1.88. The number of nitrogens with two attached hydrogens (primary N) is 1. The molecule has 0 aliphatic rings. The summed E-state index contributed by atoms with van der Waals surface area (Å²) < 4.78 is 5.63. The summed E-state index contributed by atoms with van der Waals surface area (Å²) in [4.78, 5) is 4.15. The molecule has 4 N–H and O–H groups in total. The Hall–Kier alpha value is -3.42. The highest BCUT2D eigenvalue weighted by atomic mass is 16.4. The van der Waals surface area contributed by atoms with E-state index in [2.05, 4.69) is 25.7 Å². The van der Waals surface area contributed by atoms with Crippen molar-refractivity contribution in [3.05, 3.63) is 53.9 Å². The zero-order valence-corrected chi connectivity index (χ0v) is 12.3. The van der Waals surface area contributed by atoms with E-state index >= 15 is 0 Å². The zero-order chi connectivity index (χ0) is 16.2. The summed E-state index contributed by atoms with van der Waals surface area (Å²) in [5.74, 6) is 0.965. The average molecular weight is 310 g/mol. The van der Waals surface area contributed by atoms with Gasteiger partial charge < -0.3 is 15.4 Å². The van der Waals surface area contributed by atoms with Crippen molar-refractivity contribution in [3.8, 4) is 11.3 Å². The van der Waals surface area contributed by atoms with Gasteiger partial charge in [-0.3, -0.25) is 5.32 Å². The number of rotatable bonds is 4. The topological polar surface area (TPSA) is 122 Å². The summed E-state index contributed by atoms with van der Waals surface area (Å²) >= 11 is 0. The molecule has 116 valence electrons. The van der Waals surface area contributed by atoms with Crippen molar-refractivity contribution < 1.29 is 9.62 Å². The van der Waals surface area contributed by atoms with Gasteiger partial charge in [0, 0.05) is 5.56 Å². The Morgan fingerprint density at radius 2 is 1.96 bits per heavy atom. The van der Waals surface area contributed by atoms with E-state index in [4.69, 9.17) is 15.4 Å². The Bertz CT molecular complexity index is 824. The van der Waals surface area contributed by atoms with E-state index < -0.39 is 0 Å². The summed E-state index contributed by atoms with van der Waals surface area (Å²) in [6.45, 7) is 2.02. The molecule has 0 saturated carbocycles. The van der Waals surface area contributed by atoms with Gasteiger partial charge in [-0.1, -0.05) is 35.0 Å². The Labute approximate surface area is 131 Å². The normalized spacial score (nSPS) is 11.4. The Balaban J connectivity index is 1.75. The summed E-state index contributed by atoms with van der Waals surface area (Å²) in [5.41, 5.74) is 7.80. The molecule has 0 aliphatic heterocycles. The third kappa shape index (κ3) is 3.26. The highest BCUT2D eigenvalue weighted by Gasteiger charge is 2.08. The fraction of sp³-hybridized carbons (Fsp3) is 0.0667. The number of hydrogen-bond acceptors (Lipinski definition) is 7. The molecule has 1 aromatic carbocycles. The first-order chi connectivity index (χ1) is 11.2. The molecule has 8 heteroatoms. The van der Waals surface area contributed by atoms with Crippen LogP contribution in [0.2, 0.25) is 0 Å². The van der Waals surface area contributed by atoms with E-state index in [0.717, 1.165) is 5.56 Å². The van der Waals surface area contributed by atoms with Gasteiger partial charge in [0.05, 0.1) is 6.20 Å². The number of aryl methyl sites for hydroxylation is 1. The highest BCUT2D eigenvalue weighted by Crippen LogP contribution is 2.24. The van der Waals surface area contributed by atoms with Gasteiger partial charge in [-0.25, -0.2) is 4.98 Å². The van der Waals surface area contributed by atoms with Crippen LogP contribution >= 0.6 is 0 Å². The average Bonchev–Trinajstić information content (AvgIpc) is 3.04. The van der Waals surface area contributed by atoms with Gasteiger partial charge in [-0.05, 0) is 19.1 Å². The number of nitrogens with zero attached hydrogens (tertiary/aromatic N) is 4. The molecular weight excluding hydrogens is 296 g/mol. The molecule has 23 heavy (non-hydrogen) atoms. The second-order valence-electron chi connectivity index (χ2n) is 4.81. The van der Waals surface area contributed by atoms with Gasteiger partial charge in [-0.2, -0.15) is 0 Å². The highest BCUT2D eigenvalue weighted by molar-refractivity contribution is 5.95. The molecule has 0 bridgehead atoms. The largest absolute Gasteiger partial charge is 0.423 e. The van der Waals surface area contributed by atoms with Gasteiger partial charge in [0.1, 0.15) is 5.69 Å². The van der Waals surface area contributed by atoms with Gasteiger partial charge in [0.15, 0.2) is 17.4 Å². The Morgan fingerprint density at radius 3 is 2.61 bits per heavy atom. The van der Waals surface area contributed by atoms with Gasteiger partial charge in [0.2, 0.25) is 0 Å². The molecule has 3 rings (SSSR count). The molecule has 2 aromatic heterocycles. The van der Waals surface area contributed by atoms with Crippen LogP contribution in [0.4, 0.5) is 11.8 Å². The van der Waals surface area contributed by atoms with Crippen LogP contribution in [0.15, 0.2) is 52.2 Å². The van der Waals surface area contributed by atoms with Crippen molar-refractivity contribution in [1.29, 1.82) is 0 Å².